The zero-order chi connectivity index (χ0) is 12.4. The predicted molar refractivity (Wildman–Crippen MR) is 70.4 cm³/mol. The van der Waals surface area contributed by atoms with E-state index < -0.39 is 0 Å². The number of nitrogens with one attached hydrogen (secondary N) is 1. The predicted octanol–water partition coefficient (Wildman–Crippen LogP) is 4.32. The topological polar surface area (TPSA) is 25.0 Å². The Hall–Kier alpha value is -0.990. The van der Waals surface area contributed by atoms with Crippen LogP contribution in [0, 0.1) is 0 Å². The third kappa shape index (κ3) is 1.44. The highest BCUT2D eigenvalue weighted by molar-refractivity contribution is 6.31. The average molecular weight is 250 g/mol. The molecule has 2 nitrogen and oxygen atoms in total. The molecule has 2 heterocycles. The first-order valence-electron chi connectivity index (χ1n) is 5.84. The Morgan fingerprint density at radius 2 is 1.82 bits per heavy atom. The number of benzene rings is 1. The van der Waals surface area contributed by atoms with Crippen LogP contribution in [0.1, 0.15) is 39.0 Å². The van der Waals surface area contributed by atoms with Gasteiger partial charge in [0.25, 0.3) is 0 Å². The Balaban J connectivity index is 2.42. The monoisotopic (exact) mass is 249 g/mol. The van der Waals surface area contributed by atoms with Crippen molar-refractivity contribution in [3.05, 3.63) is 34.5 Å². The molecule has 1 aromatic heterocycles. The van der Waals surface area contributed by atoms with Crippen LogP contribution in [-0.4, -0.2) is 4.98 Å². The maximum absolute atomic E-state index is 6.12. The molecule has 1 aliphatic heterocycles. The van der Waals surface area contributed by atoms with Crippen LogP contribution in [0.3, 0.4) is 0 Å². The molecule has 0 radical (unpaired) electrons. The zero-order valence-corrected chi connectivity index (χ0v) is 11.3. The molecule has 3 heteroatoms. The van der Waals surface area contributed by atoms with Gasteiger partial charge in [0.15, 0.2) is 0 Å². The lowest BCUT2D eigenvalue weighted by atomic mass is 9.94. The number of ether oxygens (including phenoxy) is 1. The second-order valence-corrected chi connectivity index (χ2v) is 6.12. The normalized spacial score (nSPS) is 20.8. The Kier molecular flexibility index (Phi) is 2.00. The minimum Gasteiger partial charge on any atom is -0.359 e. The summed E-state index contributed by atoms with van der Waals surface area (Å²) in [5.41, 5.74) is 2.98. The van der Waals surface area contributed by atoms with Crippen molar-refractivity contribution in [2.45, 2.75) is 38.9 Å². The summed E-state index contributed by atoms with van der Waals surface area (Å²) in [6.45, 7) is 8.40. The molecular weight excluding hydrogens is 234 g/mol. The van der Waals surface area contributed by atoms with Crippen molar-refractivity contribution in [1.29, 1.82) is 0 Å². The minimum absolute atomic E-state index is 0.273. The third-order valence-electron chi connectivity index (χ3n) is 3.48. The molecule has 0 atom stereocenters. The van der Waals surface area contributed by atoms with E-state index >= 15 is 0 Å². The van der Waals surface area contributed by atoms with E-state index in [2.05, 4.69) is 32.7 Å². The van der Waals surface area contributed by atoms with Crippen LogP contribution in [0.5, 0.6) is 0 Å². The van der Waals surface area contributed by atoms with Crippen LogP contribution in [0.15, 0.2) is 18.2 Å². The van der Waals surface area contributed by atoms with Crippen LogP contribution < -0.4 is 0 Å². The quantitative estimate of drug-likeness (QED) is 0.739. The highest BCUT2D eigenvalue weighted by atomic mass is 35.5. The van der Waals surface area contributed by atoms with Crippen molar-refractivity contribution < 1.29 is 4.74 Å². The molecule has 1 aliphatic rings. The first kappa shape index (κ1) is 11.1. The van der Waals surface area contributed by atoms with E-state index in [1.54, 1.807) is 0 Å². The molecule has 0 bridgehead atoms. The van der Waals surface area contributed by atoms with Gasteiger partial charge < -0.3 is 9.72 Å². The first-order valence-corrected chi connectivity index (χ1v) is 6.21. The van der Waals surface area contributed by atoms with Crippen molar-refractivity contribution >= 4 is 22.5 Å². The van der Waals surface area contributed by atoms with Crippen LogP contribution in [0.4, 0.5) is 0 Å². The Morgan fingerprint density at radius 1 is 1.12 bits per heavy atom. The fourth-order valence-electron chi connectivity index (χ4n) is 2.98. The van der Waals surface area contributed by atoms with Gasteiger partial charge in [0.2, 0.25) is 0 Å². The van der Waals surface area contributed by atoms with Crippen LogP contribution in [-0.2, 0) is 15.9 Å². The molecule has 0 spiro atoms. The first-order chi connectivity index (χ1) is 7.81. The van der Waals surface area contributed by atoms with Crippen LogP contribution in [0.25, 0.3) is 10.9 Å². The van der Waals surface area contributed by atoms with Gasteiger partial charge in [0, 0.05) is 21.5 Å². The number of aromatic nitrogens is 1. The Bertz CT molecular complexity index is 610. The number of aromatic amines is 1. The molecule has 1 N–H and O–H groups in total. The molecular formula is C14H16ClNO. The van der Waals surface area contributed by atoms with Crippen LogP contribution >= 0.6 is 11.6 Å². The number of hydrogen-bond acceptors (Lipinski definition) is 1. The number of H-pyrrole nitrogens is 1. The van der Waals surface area contributed by atoms with Gasteiger partial charge in [-0.1, -0.05) is 11.6 Å². The molecule has 1 aromatic carbocycles. The summed E-state index contributed by atoms with van der Waals surface area (Å²) in [7, 11) is 0. The van der Waals surface area contributed by atoms with E-state index in [9.17, 15) is 0 Å². The molecule has 0 fully saturated rings. The van der Waals surface area contributed by atoms with Crippen molar-refractivity contribution in [1.82, 2.24) is 4.98 Å². The zero-order valence-electron chi connectivity index (χ0n) is 10.5. The van der Waals surface area contributed by atoms with Gasteiger partial charge >= 0.3 is 0 Å². The van der Waals surface area contributed by atoms with Crippen molar-refractivity contribution in [2.24, 2.45) is 0 Å². The van der Waals surface area contributed by atoms with Gasteiger partial charge in [-0.2, -0.15) is 0 Å². The van der Waals surface area contributed by atoms with Crippen molar-refractivity contribution in [3.63, 3.8) is 0 Å². The molecule has 90 valence electrons. The SMILES string of the molecule is CC1(C)OC(C)(C)c2c1[nH]c1ccc(Cl)cc21. The number of fused-ring (bicyclic) bond motifs is 3. The highest BCUT2D eigenvalue weighted by Crippen LogP contribution is 2.49. The molecule has 0 saturated heterocycles. The van der Waals surface area contributed by atoms with Gasteiger partial charge in [0.1, 0.15) is 5.60 Å². The summed E-state index contributed by atoms with van der Waals surface area (Å²) < 4.78 is 6.12. The Morgan fingerprint density at radius 3 is 2.53 bits per heavy atom. The second-order valence-electron chi connectivity index (χ2n) is 5.69. The van der Waals surface area contributed by atoms with E-state index in [0.717, 1.165) is 10.5 Å². The Labute approximate surface area is 106 Å². The minimum atomic E-state index is -0.276. The summed E-state index contributed by atoms with van der Waals surface area (Å²) >= 11 is 6.09. The maximum Gasteiger partial charge on any atom is 0.104 e. The fraction of sp³-hybridized carbons (Fsp3) is 0.429. The van der Waals surface area contributed by atoms with E-state index in [1.165, 1.54) is 16.6 Å². The number of hydrogen-bond donors (Lipinski definition) is 1. The molecule has 0 aliphatic carbocycles. The maximum atomic E-state index is 6.12. The standard InChI is InChI=1S/C14H16ClNO/c1-13(2)11-9-7-8(15)5-6-10(9)16-12(11)14(3,4)17-13/h5-7,16H,1-4H3. The largest absolute Gasteiger partial charge is 0.359 e. The lowest BCUT2D eigenvalue weighted by Gasteiger charge is -2.25. The molecule has 0 saturated carbocycles. The van der Waals surface area contributed by atoms with Gasteiger partial charge in [-0.3, -0.25) is 0 Å². The van der Waals surface area contributed by atoms with Gasteiger partial charge in [-0.25, -0.2) is 0 Å². The summed E-state index contributed by atoms with van der Waals surface area (Å²) in [5.74, 6) is 0. The van der Waals surface area contributed by atoms with Gasteiger partial charge in [-0.15, -0.1) is 0 Å². The molecule has 0 amide bonds. The van der Waals surface area contributed by atoms with Crippen LogP contribution in [0.2, 0.25) is 5.02 Å². The van der Waals surface area contributed by atoms with Crippen molar-refractivity contribution in [3.8, 4) is 0 Å². The molecule has 2 aromatic rings. The number of halogens is 1. The summed E-state index contributed by atoms with van der Waals surface area (Å²) in [6.07, 6.45) is 0. The smallest absolute Gasteiger partial charge is 0.104 e. The van der Waals surface area contributed by atoms with E-state index in [4.69, 9.17) is 16.3 Å². The third-order valence-corrected chi connectivity index (χ3v) is 3.71. The van der Waals surface area contributed by atoms with Gasteiger partial charge in [-0.05, 0) is 45.9 Å². The van der Waals surface area contributed by atoms with Crippen molar-refractivity contribution in [2.75, 3.05) is 0 Å². The average Bonchev–Trinajstić information content (AvgIpc) is 2.62. The second kappa shape index (κ2) is 3.06. The van der Waals surface area contributed by atoms with E-state index in [0.29, 0.717) is 0 Å². The lowest BCUT2D eigenvalue weighted by molar-refractivity contribution is -0.106. The fourth-order valence-corrected chi connectivity index (χ4v) is 3.15. The molecule has 0 unspecified atom stereocenters. The molecule has 3 rings (SSSR count). The van der Waals surface area contributed by atoms with E-state index in [-0.39, 0.29) is 11.2 Å². The summed E-state index contributed by atoms with van der Waals surface area (Å²) in [4.78, 5) is 3.47. The summed E-state index contributed by atoms with van der Waals surface area (Å²) in [6, 6.07) is 5.96. The van der Waals surface area contributed by atoms with Gasteiger partial charge in [0.05, 0.1) is 11.3 Å². The number of rotatable bonds is 0. The highest BCUT2D eigenvalue weighted by Gasteiger charge is 2.45. The molecule has 17 heavy (non-hydrogen) atoms. The summed E-state index contributed by atoms with van der Waals surface area (Å²) in [5, 5.41) is 1.93. The lowest BCUT2D eigenvalue weighted by Crippen LogP contribution is -2.23. The van der Waals surface area contributed by atoms with E-state index in [1.807, 2.05) is 18.2 Å².